The first-order chi connectivity index (χ1) is 8.08. The zero-order valence-corrected chi connectivity index (χ0v) is 9.72. The minimum absolute atomic E-state index is 0.163. The quantitative estimate of drug-likeness (QED) is 0.842. The van der Waals surface area contributed by atoms with Crippen molar-refractivity contribution in [3.63, 3.8) is 0 Å². The van der Waals surface area contributed by atoms with E-state index in [4.69, 9.17) is 9.84 Å². The van der Waals surface area contributed by atoms with Crippen LogP contribution in [0.1, 0.15) is 35.2 Å². The summed E-state index contributed by atoms with van der Waals surface area (Å²) in [6, 6.07) is 4.76. The maximum absolute atomic E-state index is 10.8. The summed E-state index contributed by atoms with van der Waals surface area (Å²) in [7, 11) is 0. The molecule has 0 amide bonds. The average Bonchev–Trinajstić information content (AvgIpc) is 2.67. The van der Waals surface area contributed by atoms with Gasteiger partial charge in [-0.1, -0.05) is 0 Å². The van der Waals surface area contributed by atoms with Crippen molar-refractivity contribution < 1.29 is 19.7 Å². The molecule has 2 N–H and O–H groups in total. The van der Waals surface area contributed by atoms with E-state index in [0.29, 0.717) is 5.75 Å². The molecule has 4 nitrogen and oxygen atoms in total. The third-order valence-electron chi connectivity index (χ3n) is 3.12. The van der Waals surface area contributed by atoms with Crippen LogP contribution in [-0.4, -0.2) is 28.4 Å². The molecule has 0 bridgehead atoms. The number of ether oxygens (including phenoxy) is 1. The molecule has 2 atom stereocenters. The topological polar surface area (TPSA) is 66.8 Å². The number of aromatic carboxylic acids is 1. The van der Waals surface area contributed by atoms with Crippen molar-refractivity contribution in [2.45, 2.75) is 38.4 Å². The lowest BCUT2D eigenvalue weighted by Gasteiger charge is -2.18. The predicted octanol–water partition coefficient (Wildman–Crippen LogP) is 1.99. The normalized spacial score (nSPS) is 23.6. The van der Waals surface area contributed by atoms with Crippen LogP contribution in [0.5, 0.6) is 5.75 Å². The fraction of sp³-hybridized carbons (Fsp3) is 0.462. The molecular weight excluding hydrogens is 220 g/mol. The van der Waals surface area contributed by atoms with Gasteiger partial charge in [-0.25, -0.2) is 4.79 Å². The van der Waals surface area contributed by atoms with Crippen LogP contribution in [0.3, 0.4) is 0 Å². The van der Waals surface area contributed by atoms with Crippen LogP contribution in [0.4, 0.5) is 0 Å². The molecule has 1 aliphatic carbocycles. The molecule has 92 valence electrons. The van der Waals surface area contributed by atoms with Gasteiger partial charge < -0.3 is 14.9 Å². The Morgan fingerprint density at radius 3 is 2.71 bits per heavy atom. The Morgan fingerprint density at radius 2 is 2.18 bits per heavy atom. The second-order valence-electron chi connectivity index (χ2n) is 4.44. The number of hydrogen-bond donors (Lipinski definition) is 2. The van der Waals surface area contributed by atoms with Crippen LogP contribution in [-0.2, 0) is 0 Å². The number of carboxylic acid groups (broad SMARTS) is 1. The molecule has 0 spiro atoms. The molecule has 1 fully saturated rings. The van der Waals surface area contributed by atoms with Crippen molar-refractivity contribution in [3.05, 3.63) is 29.3 Å². The number of rotatable bonds is 3. The zero-order valence-electron chi connectivity index (χ0n) is 9.72. The van der Waals surface area contributed by atoms with Crippen molar-refractivity contribution in [1.82, 2.24) is 0 Å². The van der Waals surface area contributed by atoms with Crippen molar-refractivity contribution in [2.24, 2.45) is 0 Å². The molecule has 2 rings (SSSR count). The van der Waals surface area contributed by atoms with Crippen LogP contribution < -0.4 is 4.74 Å². The number of aliphatic hydroxyl groups excluding tert-OH is 1. The Labute approximate surface area is 99.8 Å². The standard InChI is InChI=1S/C13H16O4/c1-8-7-9(13(15)16)5-6-11(8)17-12-4-2-3-10(12)14/h5-7,10,12,14H,2-4H2,1H3,(H,15,16). The van der Waals surface area contributed by atoms with E-state index in [9.17, 15) is 9.90 Å². The summed E-state index contributed by atoms with van der Waals surface area (Å²) in [5.41, 5.74) is 1.03. The fourth-order valence-corrected chi connectivity index (χ4v) is 2.12. The zero-order chi connectivity index (χ0) is 12.4. The summed E-state index contributed by atoms with van der Waals surface area (Å²) in [4.78, 5) is 10.8. The Morgan fingerprint density at radius 1 is 1.41 bits per heavy atom. The molecule has 1 aromatic rings. The van der Waals surface area contributed by atoms with Gasteiger partial charge in [0, 0.05) is 0 Å². The van der Waals surface area contributed by atoms with Crippen LogP contribution >= 0.6 is 0 Å². The average molecular weight is 236 g/mol. The first-order valence-corrected chi connectivity index (χ1v) is 5.76. The summed E-state index contributed by atoms with van der Waals surface area (Å²) in [6.07, 6.45) is 2.02. The van der Waals surface area contributed by atoms with Gasteiger partial charge in [-0.3, -0.25) is 0 Å². The number of hydrogen-bond acceptors (Lipinski definition) is 3. The third kappa shape index (κ3) is 2.58. The maximum Gasteiger partial charge on any atom is 0.335 e. The number of carboxylic acids is 1. The highest BCUT2D eigenvalue weighted by Crippen LogP contribution is 2.27. The summed E-state index contributed by atoms with van der Waals surface area (Å²) in [5.74, 6) is -0.290. The Balaban J connectivity index is 2.14. The Hall–Kier alpha value is -1.55. The summed E-state index contributed by atoms with van der Waals surface area (Å²) in [5, 5.41) is 18.5. The minimum atomic E-state index is -0.944. The van der Waals surface area contributed by atoms with Gasteiger partial charge in [-0.2, -0.15) is 0 Å². The van der Waals surface area contributed by atoms with Gasteiger partial charge in [0.15, 0.2) is 0 Å². The van der Waals surface area contributed by atoms with Gasteiger partial charge in [0.25, 0.3) is 0 Å². The second-order valence-corrected chi connectivity index (χ2v) is 4.44. The molecule has 17 heavy (non-hydrogen) atoms. The predicted molar refractivity (Wildman–Crippen MR) is 62.4 cm³/mol. The lowest BCUT2D eigenvalue weighted by atomic mass is 10.1. The Kier molecular flexibility index (Phi) is 3.33. The first kappa shape index (κ1) is 11.9. The SMILES string of the molecule is Cc1cc(C(=O)O)ccc1OC1CCCC1O. The fourth-order valence-electron chi connectivity index (χ4n) is 2.12. The first-order valence-electron chi connectivity index (χ1n) is 5.76. The van der Waals surface area contributed by atoms with Crippen molar-refractivity contribution >= 4 is 5.97 Å². The highest BCUT2D eigenvalue weighted by molar-refractivity contribution is 5.88. The van der Waals surface area contributed by atoms with Crippen LogP contribution in [0.2, 0.25) is 0 Å². The molecule has 0 saturated heterocycles. The third-order valence-corrected chi connectivity index (χ3v) is 3.12. The molecule has 0 aliphatic heterocycles. The van der Waals surface area contributed by atoms with Crippen molar-refractivity contribution in [1.29, 1.82) is 0 Å². The highest BCUT2D eigenvalue weighted by Gasteiger charge is 2.27. The van der Waals surface area contributed by atoms with E-state index in [1.807, 2.05) is 6.92 Å². The van der Waals surface area contributed by atoms with Gasteiger partial charge in [0.05, 0.1) is 11.7 Å². The van der Waals surface area contributed by atoms with Gasteiger partial charge >= 0.3 is 5.97 Å². The monoisotopic (exact) mass is 236 g/mol. The molecule has 1 aromatic carbocycles. The second kappa shape index (κ2) is 4.75. The molecule has 2 unspecified atom stereocenters. The number of benzene rings is 1. The van der Waals surface area contributed by atoms with Crippen molar-refractivity contribution in [2.75, 3.05) is 0 Å². The van der Waals surface area contributed by atoms with E-state index in [2.05, 4.69) is 0 Å². The molecule has 1 aliphatic rings. The van der Waals surface area contributed by atoms with E-state index in [1.165, 1.54) is 6.07 Å². The van der Waals surface area contributed by atoms with Gasteiger partial charge in [0.2, 0.25) is 0 Å². The van der Waals surface area contributed by atoms with E-state index in [0.717, 1.165) is 24.8 Å². The molecule has 0 radical (unpaired) electrons. The van der Waals surface area contributed by atoms with Crippen LogP contribution in [0.25, 0.3) is 0 Å². The van der Waals surface area contributed by atoms with Gasteiger partial charge in [-0.05, 0) is 49.9 Å². The van der Waals surface area contributed by atoms with Crippen LogP contribution in [0, 0.1) is 6.92 Å². The molecule has 4 heteroatoms. The van der Waals surface area contributed by atoms with E-state index < -0.39 is 12.1 Å². The lowest BCUT2D eigenvalue weighted by molar-refractivity contribution is 0.0598. The number of aliphatic hydroxyl groups is 1. The smallest absolute Gasteiger partial charge is 0.335 e. The summed E-state index contributed by atoms with van der Waals surface area (Å²) in [6.45, 7) is 1.81. The highest BCUT2D eigenvalue weighted by atomic mass is 16.5. The largest absolute Gasteiger partial charge is 0.487 e. The van der Waals surface area contributed by atoms with E-state index in [1.54, 1.807) is 12.1 Å². The Bertz CT molecular complexity index is 427. The molecular formula is C13H16O4. The molecule has 0 aromatic heterocycles. The molecule has 1 saturated carbocycles. The summed E-state index contributed by atoms with van der Waals surface area (Å²) >= 11 is 0. The van der Waals surface area contributed by atoms with Crippen LogP contribution in [0.15, 0.2) is 18.2 Å². The van der Waals surface area contributed by atoms with Gasteiger partial charge in [-0.15, -0.1) is 0 Å². The number of aryl methyl sites for hydroxylation is 1. The van der Waals surface area contributed by atoms with Gasteiger partial charge in [0.1, 0.15) is 11.9 Å². The van der Waals surface area contributed by atoms with E-state index >= 15 is 0 Å². The minimum Gasteiger partial charge on any atom is -0.487 e. The van der Waals surface area contributed by atoms with E-state index in [-0.39, 0.29) is 11.7 Å². The summed E-state index contributed by atoms with van der Waals surface area (Å²) < 4.78 is 5.71. The number of carbonyl (C=O) groups is 1. The lowest BCUT2D eigenvalue weighted by Crippen LogP contribution is -2.25. The van der Waals surface area contributed by atoms with Crippen molar-refractivity contribution in [3.8, 4) is 5.75 Å². The molecule has 0 heterocycles. The maximum atomic E-state index is 10.8.